The van der Waals surface area contributed by atoms with Crippen LogP contribution < -0.4 is 4.90 Å². The molecule has 0 spiro atoms. The van der Waals surface area contributed by atoms with Crippen molar-refractivity contribution in [3.63, 3.8) is 0 Å². The predicted molar refractivity (Wildman–Crippen MR) is 87.7 cm³/mol. The minimum absolute atomic E-state index is 0.0305. The van der Waals surface area contributed by atoms with Crippen LogP contribution in [0.25, 0.3) is 0 Å². The quantitative estimate of drug-likeness (QED) is 0.813. The van der Waals surface area contributed by atoms with Crippen LogP contribution in [0.5, 0.6) is 0 Å². The van der Waals surface area contributed by atoms with Gasteiger partial charge in [0.15, 0.2) is 0 Å². The molecule has 0 aliphatic carbocycles. The molecule has 0 bridgehead atoms. The molecule has 7 heteroatoms. The van der Waals surface area contributed by atoms with Crippen LogP contribution in [0.3, 0.4) is 0 Å². The summed E-state index contributed by atoms with van der Waals surface area (Å²) in [7, 11) is 0. The summed E-state index contributed by atoms with van der Waals surface area (Å²) in [4.78, 5) is 29.0. The molecule has 0 aromatic heterocycles. The second-order valence-electron chi connectivity index (χ2n) is 5.69. The zero-order chi connectivity index (χ0) is 17.5. The molecule has 128 valence electrons. The maximum absolute atomic E-state index is 14.0. The molecular formula is C17H21FN4O2. The number of hydrogen-bond acceptors (Lipinski definition) is 4. The molecule has 0 unspecified atom stereocenters. The summed E-state index contributed by atoms with van der Waals surface area (Å²) in [5.41, 5.74) is 0.195. The second-order valence-corrected chi connectivity index (χ2v) is 5.69. The van der Waals surface area contributed by atoms with E-state index in [1.54, 1.807) is 17.0 Å². The van der Waals surface area contributed by atoms with Crippen LogP contribution in [0.15, 0.2) is 24.3 Å². The molecule has 1 saturated heterocycles. The molecule has 2 amide bonds. The lowest BCUT2D eigenvalue weighted by Gasteiger charge is -2.35. The fourth-order valence-corrected chi connectivity index (χ4v) is 2.71. The molecule has 1 aromatic carbocycles. The Kier molecular flexibility index (Phi) is 6.27. The molecule has 24 heavy (non-hydrogen) atoms. The van der Waals surface area contributed by atoms with Gasteiger partial charge in [0.25, 0.3) is 0 Å². The largest absolute Gasteiger partial charge is 0.340 e. The third kappa shape index (κ3) is 4.52. The van der Waals surface area contributed by atoms with E-state index in [9.17, 15) is 14.0 Å². The number of benzene rings is 1. The van der Waals surface area contributed by atoms with E-state index in [2.05, 4.69) is 0 Å². The molecule has 1 heterocycles. The number of amides is 2. The van der Waals surface area contributed by atoms with Crippen LogP contribution in [0.2, 0.25) is 0 Å². The summed E-state index contributed by atoms with van der Waals surface area (Å²) in [5, 5.41) is 8.79. The second kappa shape index (κ2) is 8.41. The molecule has 0 saturated carbocycles. The Balaban J connectivity index is 2.02. The maximum Gasteiger partial charge on any atom is 0.241 e. The van der Waals surface area contributed by atoms with Gasteiger partial charge in [-0.15, -0.1) is 0 Å². The van der Waals surface area contributed by atoms with E-state index < -0.39 is 5.82 Å². The van der Waals surface area contributed by atoms with E-state index in [4.69, 9.17) is 5.26 Å². The monoisotopic (exact) mass is 332 g/mol. The summed E-state index contributed by atoms with van der Waals surface area (Å²) >= 11 is 0. The highest BCUT2D eigenvalue weighted by atomic mass is 19.1. The van der Waals surface area contributed by atoms with Gasteiger partial charge in [0, 0.05) is 39.6 Å². The molecule has 1 fully saturated rings. The summed E-state index contributed by atoms with van der Waals surface area (Å²) in [6, 6.07) is 8.05. The first-order valence-electron chi connectivity index (χ1n) is 7.92. The van der Waals surface area contributed by atoms with E-state index in [-0.39, 0.29) is 37.0 Å². The number of hydrogen-bond donors (Lipinski definition) is 0. The van der Waals surface area contributed by atoms with Gasteiger partial charge >= 0.3 is 0 Å². The third-order valence-electron chi connectivity index (χ3n) is 4.07. The van der Waals surface area contributed by atoms with Crippen LogP contribution in [-0.4, -0.2) is 60.9 Å². The lowest BCUT2D eigenvalue weighted by atomic mass is 10.2. The number of nitriles is 1. The smallest absolute Gasteiger partial charge is 0.241 e. The number of carbonyl (C=O) groups is 2. The molecule has 0 radical (unpaired) electrons. The van der Waals surface area contributed by atoms with Crippen molar-refractivity contribution < 1.29 is 14.0 Å². The number of piperazine rings is 1. The SMILES string of the molecule is CC(=O)N1CCN(CC(=O)N(CCC#N)c2ccccc2F)CC1. The van der Waals surface area contributed by atoms with Crippen LogP contribution in [0, 0.1) is 17.1 Å². The summed E-state index contributed by atoms with van der Waals surface area (Å²) in [5.74, 6) is -0.695. The molecule has 1 aliphatic heterocycles. The van der Waals surface area contributed by atoms with Crippen molar-refractivity contribution in [1.82, 2.24) is 9.80 Å². The first kappa shape index (κ1) is 17.9. The van der Waals surface area contributed by atoms with Crippen LogP contribution in [0.1, 0.15) is 13.3 Å². The van der Waals surface area contributed by atoms with Crippen LogP contribution >= 0.6 is 0 Å². The molecule has 2 rings (SSSR count). The number of carbonyl (C=O) groups excluding carboxylic acids is 2. The standard InChI is InChI=1S/C17H21FN4O2/c1-14(23)21-11-9-20(10-12-21)13-17(24)22(8-4-7-19)16-6-3-2-5-15(16)18/h2-3,5-6H,4,8-13H2,1H3. The van der Waals surface area contributed by atoms with E-state index in [1.165, 1.54) is 24.0 Å². The van der Waals surface area contributed by atoms with Gasteiger partial charge in [0.2, 0.25) is 11.8 Å². The first-order chi connectivity index (χ1) is 11.5. The van der Waals surface area contributed by atoms with Crippen molar-refractivity contribution >= 4 is 17.5 Å². The van der Waals surface area contributed by atoms with Gasteiger partial charge in [-0.2, -0.15) is 5.26 Å². The van der Waals surface area contributed by atoms with Gasteiger partial charge in [-0.25, -0.2) is 4.39 Å². The molecule has 6 nitrogen and oxygen atoms in total. The van der Waals surface area contributed by atoms with E-state index in [1.807, 2.05) is 11.0 Å². The fourth-order valence-electron chi connectivity index (χ4n) is 2.71. The van der Waals surface area contributed by atoms with Crippen molar-refractivity contribution in [2.24, 2.45) is 0 Å². The number of anilines is 1. The van der Waals surface area contributed by atoms with Crippen molar-refractivity contribution in [2.75, 3.05) is 44.2 Å². The molecular weight excluding hydrogens is 311 g/mol. The third-order valence-corrected chi connectivity index (χ3v) is 4.07. The van der Waals surface area contributed by atoms with Gasteiger partial charge < -0.3 is 9.80 Å². The summed E-state index contributed by atoms with van der Waals surface area (Å²) in [6.07, 6.45) is 0.137. The topological polar surface area (TPSA) is 67.7 Å². The van der Waals surface area contributed by atoms with Crippen molar-refractivity contribution in [3.8, 4) is 6.07 Å². The Morgan fingerprint density at radius 1 is 1.25 bits per heavy atom. The van der Waals surface area contributed by atoms with Gasteiger partial charge in [0.1, 0.15) is 5.82 Å². The highest BCUT2D eigenvalue weighted by Gasteiger charge is 2.24. The summed E-state index contributed by atoms with van der Waals surface area (Å²) in [6.45, 7) is 4.21. The fraction of sp³-hybridized carbons (Fsp3) is 0.471. The molecule has 1 aliphatic rings. The zero-order valence-corrected chi connectivity index (χ0v) is 13.7. The van der Waals surface area contributed by atoms with Crippen molar-refractivity contribution in [2.45, 2.75) is 13.3 Å². The molecule has 0 atom stereocenters. The minimum atomic E-state index is -0.481. The first-order valence-corrected chi connectivity index (χ1v) is 7.92. The number of nitrogens with zero attached hydrogens (tertiary/aromatic N) is 4. The summed E-state index contributed by atoms with van der Waals surface area (Å²) < 4.78 is 14.0. The number of halogens is 1. The Morgan fingerprint density at radius 3 is 2.50 bits per heavy atom. The lowest BCUT2D eigenvalue weighted by molar-refractivity contribution is -0.130. The van der Waals surface area contributed by atoms with E-state index in [0.717, 1.165) is 0 Å². The normalized spacial score (nSPS) is 15.0. The highest BCUT2D eigenvalue weighted by Crippen LogP contribution is 2.19. The Morgan fingerprint density at radius 2 is 1.92 bits per heavy atom. The van der Waals surface area contributed by atoms with E-state index >= 15 is 0 Å². The van der Waals surface area contributed by atoms with E-state index in [0.29, 0.717) is 26.2 Å². The van der Waals surface area contributed by atoms with Crippen molar-refractivity contribution in [1.29, 1.82) is 5.26 Å². The highest BCUT2D eigenvalue weighted by molar-refractivity contribution is 5.95. The van der Waals surface area contributed by atoms with Gasteiger partial charge in [-0.3, -0.25) is 14.5 Å². The number of para-hydroxylation sites is 1. The maximum atomic E-state index is 14.0. The van der Waals surface area contributed by atoms with Gasteiger partial charge in [-0.05, 0) is 12.1 Å². The average molecular weight is 332 g/mol. The Bertz CT molecular complexity index is 636. The molecule has 1 aromatic rings. The Hall–Kier alpha value is -2.46. The van der Waals surface area contributed by atoms with Gasteiger partial charge in [-0.1, -0.05) is 12.1 Å². The number of rotatable bonds is 5. The molecule has 0 N–H and O–H groups in total. The van der Waals surface area contributed by atoms with Crippen molar-refractivity contribution in [3.05, 3.63) is 30.1 Å². The predicted octanol–water partition coefficient (Wildman–Crippen LogP) is 1.24. The Labute approximate surface area is 141 Å². The minimum Gasteiger partial charge on any atom is -0.340 e. The van der Waals surface area contributed by atoms with Crippen LogP contribution in [0.4, 0.5) is 10.1 Å². The zero-order valence-electron chi connectivity index (χ0n) is 13.7. The lowest BCUT2D eigenvalue weighted by Crippen LogP contribution is -2.51. The van der Waals surface area contributed by atoms with Crippen LogP contribution in [-0.2, 0) is 9.59 Å². The average Bonchev–Trinajstić information content (AvgIpc) is 2.57. The van der Waals surface area contributed by atoms with Gasteiger partial charge in [0.05, 0.1) is 24.7 Å².